The summed E-state index contributed by atoms with van der Waals surface area (Å²) < 4.78 is 40.4. The van der Waals surface area contributed by atoms with Crippen LogP contribution in [0.5, 0.6) is 0 Å². The summed E-state index contributed by atoms with van der Waals surface area (Å²) in [6, 6.07) is 7.51. The second-order valence-electron chi connectivity index (χ2n) is 6.41. The van der Waals surface area contributed by atoms with Crippen LogP contribution in [0.15, 0.2) is 36.5 Å². The third kappa shape index (κ3) is 7.46. The van der Waals surface area contributed by atoms with Gasteiger partial charge in [0.2, 0.25) is 0 Å². The number of pyridine rings is 1. The van der Waals surface area contributed by atoms with E-state index in [4.69, 9.17) is 33.4 Å². The molecule has 2 aromatic heterocycles. The topological polar surface area (TPSA) is 98.9 Å². The molecule has 13 heteroatoms. The van der Waals surface area contributed by atoms with Gasteiger partial charge in [0.25, 0.3) is 5.91 Å². The van der Waals surface area contributed by atoms with Crippen LogP contribution >= 0.6 is 35.6 Å². The fourth-order valence-corrected chi connectivity index (χ4v) is 3.30. The van der Waals surface area contributed by atoms with Gasteiger partial charge in [0.1, 0.15) is 0 Å². The number of carbonyl (C=O) groups excluding carboxylic acids is 1. The predicted octanol–water partition coefficient (Wildman–Crippen LogP) is 4.20. The molecule has 182 valence electrons. The Labute approximate surface area is 203 Å². The minimum atomic E-state index is -4.59. The van der Waals surface area contributed by atoms with E-state index in [0.29, 0.717) is 13.1 Å². The van der Waals surface area contributed by atoms with E-state index in [0.717, 1.165) is 0 Å². The van der Waals surface area contributed by atoms with Crippen LogP contribution in [0, 0.1) is 6.92 Å². The Balaban J connectivity index is 0.000000595. The third-order valence-electron chi connectivity index (χ3n) is 4.17. The van der Waals surface area contributed by atoms with Crippen LogP contribution in [0.2, 0.25) is 10.0 Å². The number of carbonyl (C=O) groups is 1. The minimum absolute atomic E-state index is 0. The molecular weight excluding hydrogens is 508 g/mol. The number of aliphatic hydroxyl groups excluding tert-OH is 2. The van der Waals surface area contributed by atoms with Crippen LogP contribution in [-0.4, -0.2) is 51.8 Å². The highest BCUT2D eigenvalue weighted by Gasteiger charge is 2.36. The fraction of sp³-hybridized carbons (Fsp3) is 0.300. The number of halogens is 6. The number of nitrogens with zero attached hydrogens (tertiary/aromatic N) is 2. The zero-order chi connectivity index (χ0) is 23.9. The van der Waals surface area contributed by atoms with E-state index in [-0.39, 0.29) is 58.3 Å². The van der Waals surface area contributed by atoms with E-state index in [1.807, 2.05) is 0 Å². The maximum Gasteiger partial charge on any atom is 0.435 e. The molecule has 3 rings (SSSR count). The molecule has 0 bridgehead atoms. The highest BCUT2D eigenvalue weighted by molar-refractivity contribution is 6.40. The Bertz CT molecular complexity index is 1050. The lowest BCUT2D eigenvalue weighted by molar-refractivity contribution is -0.141. The van der Waals surface area contributed by atoms with Gasteiger partial charge in [0.05, 0.1) is 40.2 Å². The molecule has 1 aromatic carbocycles. The van der Waals surface area contributed by atoms with Crippen LogP contribution in [0.4, 0.5) is 18.9 Å². The second kappa shape index (κ2) is 13.0. The molecule has 3 aromatic rings. The van der Waals surface area contributed by atoms with Gasteiger partial charge >= 0.3 is 6.18 Å². The summed E-state index contributed by atoms with van der Waals surface area (Å²) in [5.74, 6) is -0.641. The van der Waals surface area contributed by atoms with Crippen LogP contribution < -0.4 is 10.6 Å². The quantitative estimate of drug-likeness (QED) is 0.359. The summed E-state index contributed by atoms with van der Waals surface area (Å²) in [6.45, 7) is 2.72. The molecule has 0 aliphatic carbocycles. The number of aliphatic hydroxyl groups is 2. The first kappa shape index (κ1) is 29.0. The molecule has 0 spiro atoms. The molecule has 0 fully saturated rings. The number of alkyl halides is 3. The summed E-state index contributed by atoms with van der Waals surface area (Å²) in [6.07, 6.45) is -3.16. The highest BCUT2D eigenvalue weighted by atomic mass is 35.5. The summed E-state index contributed by atoms with van der Waals surface area (Å²) in [4.78, 5) is 16.1. The van der Waals surface area contributed by atoms with E-state index in [1.54, 1.807) is 6.07 Å². The standard InChI is InChI=1S/C16H10Cl2F3N3O.C4H11NO2.ClH/c1-8-13(16(19,20)21)23-14-11(6-3-7-24(8)14)22-15(25)12-9(17)4-2-5-10(12)18;6-3-1-5-2-4-7;/h2-7H,1H3,(H,22,25);5-7H,1-4H2;1H. The van der Waals surface area contributed by atoms with Crippen molar-refractivity contribution in [3.8, 4) is 0 Å². The summed E-state index contributed by atoms with van der Waals surface area (Å²) in [5.41, 5.74) is -0.961. The maximum absolute atomic E-state index is 13.1. The Morgan fingerprint density at radius 2 is 1.67 bits per heavy atom. The van der Waals surface area contributed by atoms with Crippen molar-refractivity contribution in [3.05, 3.63) is 63.5 Å². The first-order chi connectivity index (χ1) is 15.1. The van der Waals surface area contributed by atoms with Crippen molar-refractivity contribution in [3.63, 3.8) is 0 Å². The number of fused-ring (bicyclic) bond motifs is 1. The Hall–Kier alpha value is -2.08. The van der Waals surface area contributed by atoms with Crippen molar-refractivity contribution in [2.45, 2.75) is 13.1 Å². The van der Waals surface area contributed by atoms with E-state index in [9.17, 15) is 18.0 Å². The monoisotopic (exact) mass is 528 g/mol. The lowest BCUT2D eigenvalue weighted by atomic mass is 10.2. The van der Waals surface area contributed by atoms with Gasteiger partial charge in [-0.05, 0) is 31.2 Å². The van der Waals surface area contributed by atoms with Crippen molar-refractivity contribution < 1.29 is 28.2 Å². The zero-order valence-electron chi connectivity index (χ0n) is 17.3. The number of aromatic nitrogens is 2. The first-order valence-corrected chi connectivity index (χ1v) is 10.1. The Morgan fingerprint density at radius 1 is 1.09 bits per heavy atom. The van der Waals surface area contributed by atoms with Crippen molar-refractivity contribution >= 4 is 52.9 Å². The van der Waals surface area contributed by atoms with Crippen LogP contribution in [0.3, 0.4) is 0 Å². The number of imidazole rings is 1. The molecule has 0 aliphatic rings. The van der Waals surface area contributed by atoms with Crippen molar-refractivity contribution in [2.75, 3.05) is 31.6 Å². The van der Waals surface area contributed by atoms with Crippen LogP contribution in [-0.2, 0) is 6.18 Å². The molecule has 0 aliphatic heterocycles. The lowest BCUT2D eigenvalue weighted by Crippen LogP contribution is -2.21. The molecule has 0 radical (unpaired) electrons. The highest BCUT2D eigenvalue weighted by Crippen LogP contribution is 2.33. The van der Waals surface area contributed by atoms with Gasteiger partial charge in [-0.15, -0.1) is 12.4 Å². The third-order valence-corrected chi connectivity index (χ3v) is 4.80. The normalized spacial score (nSPS) is 10.9. The van der Waals surface area contributed by atoms with Crippen molar-refractivity contribution in [2.24, 2.45) is 0 Å². The van der Waals surface area contributed by atoms with Gasteiger partial charge in [-0.1, -0.05) is 29.3 Å². The molecule has 7 nitrogen and oxygen atoms in total. The van der Waals surface area contributed by atoms with Gasteiger partial charge in [0, 0.05) is 19.3 Å². The Kier molecular flexibility index (Phi) is 11.4. The summed E-state index contributed by atoms with van der Waals surface area (Å²) >= 11 is 12.0. The summed E-state index contributed by atoms with van der Waals surface area (Å²) in [5, 5.41) is 21.9. The van der Waals surface area contributed by atoms with Crippen LogP contribution in [0.25, 0.3) is 5.65 Å². The smallest absolute Gasteiger partial charge is 0.395 e. The lowest BCUT2D eigenvalue weighted by Gasteiger charge is -2.09. The van der Waals surface area contributed by atoms with E-state index >= 15 is 0 Å². The SMILES string of the molecule is Cc1c(C(F)(F)F)nc2c(NC(=O)c3c(Cl)cccc3Cl)cccn12.Cl.OCCNCCO. The van der Waals surface area contributed by atoms with E-state index < -0.39 is 17.8 Å². The number of amides is 1. The van der Waals surface area contributed by atoms with Crippen LogP contribution in [0.1, 0.15) is 21.7 Å². The van der Waals surface area contributed by atoms with Gasteiger partial charge < -0.3 is 25.2 Å². The number of hydrogen-bond acceptors (Lipinski definition) is 5. The minimum Gasteiger partial charge on any atom is -0.395 e. The van der Waals surface area contributed by atoms with Crippen molar-refractivity contribution in [1.82, 2.24) is 14.7 Å². The molecular formula is C20H22Cl3F3N4O3. The van der Waals surface area contributed by atoms with Crippen molar-refractivity contribution in [1.29, 1.82) is 0 Å². The average Bonchev–Trinajstić information content (AvgIpc) is 3.07. The molecule has 0 atom stereocenters. The van der Waals surface area contributed by atoms with E-state index in [1.165, 1.54) is 41.8 Å². The number of anilines is 1. The number of nitrogens with one attached hydrogen (secondary N) is 2. The van der Waals surface area contributed by atoms with E-state index in [2.05, 4.69) is 15.6 Å². The maximum atomic E-state index is 13.1. The first-order valence-electron chi connectivity index (χ1n) is 9.34. The molecule has 1 amide bonds. The Morgan fingerprint density at radius 3 is 2.18 bits per heavy atom. The fourth-order valence-electron chi connectivity index (χ4n) is 2.73. The van der Waals surface area contributed by atoms with Gasteiger partial charge in [0.15, 0.2) is 11.3 Å². The van der Waals surface area contributed by atoms with Gasteiger partial charge in [-0.25, -0.2) is 4.98 Å². The number of benzene rings is 1. The molecule has 4 N–H and O–H groups in total. The predicted molar refractivity (Wildman–Crippen MR) is 124 cm³/mol. The number of aryl methyl sites for hydroxylation is 1. The molecule has 0 saturated heterocycles. The zero-order valence-corrected chi connectivity index (χ0v) is 19.6. The number of rotatable bonds is 6. The molecule has 33 heavy (non-hydrogen) atoms. The molecule has 0 saturated carbocycles. The van der Waals surface area contributed by atoms with Gasteiger partial charge in [-0.2, -0.15) is 13.2 Å². The van der Waals surface area contributed by atoms with Gasteiger partial charge in [-0.3, -0.25) is 4.79 Å². The second-order valence-corrected chi connectivity index (χ2v) is 7.22. The summed E-state index contributed by atoms with van der Waals surface area (Å²) in [7, 11) is 0. The average molecular weight is 530 g/mol. The molecule has 0 unspecified atom stereocenters. The largest absolute Gasteiger partial charge is 0.435 e. The number of hydrogen-bond donors (Lipinski definition) is 4. The molecule has 2 heterocycles.